The van der Waals surface area contributed by atoms with Gasteiger partial charge in [0, 0.05) is 23.2 Å². The Labute approximate surface area is 148 Å². The average molecular weight is 394 g/mol. The van der Waals surface area contributed by atoms with E-state index in [0.29, 0.717) is 31.8 Å². The molecule has 128 valence electrons. The fourth-order valence-corrected chi connectivity index (χ4v) is 4.76. The number of hydrogen-bond acceptors (Lipinski definition) is 3. The van der Waals surface area contributed by atoms with Gasteiger partial charge in [0.15, 0.2) is 5.65 Å². The number of rotatable bonds is 4. The quantitative estimate of drug-likeness (QED) is 0.747. The third kappa shape index (κ3) is 2.45. The standard InChI is InChI=1S/C18H21BrFN3O/c19-16-22-21-15-9-14(13(10-23(15)16)12-1-2-12)24-11-17-3-6-18(20,7-4-17)8-5-17/h9-10,12H,1-8,11H2. The van der Waals surface area contributed by atoms with Crippen LogP contribution in [0.15, 0.2) is 17.0 Å². The van der Waals surface area contributed by atoms with E-state index < -0.39 is 5.67 Å². The molecule has 6 rings (SSSR count). The summed E-state index contributed by atoms with van der Waals surface area (Å²) in [5, 5.41) is 8.27. The van der Waals surface area contributed by atoms with E-state index >= 15 is 0 Å². The number of fused-ring (bicyclic) bond motifs is 4. The number of pyridine rings is 1. The van der Waals surface area contributed by atoms with Gasteiger partial charge in [-0.25, -0.2) is 4.39 Å². The molecule has 2 bridgehead atoms. The van der Waals surface area contributed by atoms with Crippen LogP contribution < -0.4 is 4.74 Å². The van der Waals surface area contributed by atoms with Crippen molar-refractivity contribution in [1.29, 1.82) is 0 Å². The molecule has 0 aliphatic heterocycles. The molecular weight excluding hydrogens is 373 g/mol. The first kappa shape index (κ1) is 15.1. The molecule has 24 heavy (non-hydrogen) atoms. The molecule has 6 heteroatoms. The second-order valence-electron chi connectivity index (χ2n) is 8.00. The summed E-state index contributed by atoms with van der Waals surface area (Å²) in [4.78, 5) is 0. The highest BCUT2D eigenvalue weighted by Gasteiger charge is 2.49. The van der Waals surface area contributed by atoms with E-state index in [1.165, 1.54) is 18.4 Å². The molecule has 4 fully saturated rings. The molecule has 0 aromatic carbocycles. The third-order valence-corrected chi connectivity index (χ3v) is 6.90. The van der Waals surface area contributed by atoms with Gasteiger partial charge in [-0.1, -0.05) is 0 Å². The molecule has 0 spiro atoms. The lowest BCUT2D eigenvalue weighted by molar-refractivity contribution is -0.0548. The minimum Gasteiger partial charge on any atom is -0.493 e. The summed E-state index contributed by atoms with van der Waals surface area (Å²) < 4.78 is 23.4. The molecular formula is C18H21BrFN3O. The smallest absolute Gasteiger partial charge is 0.204 e. The van der Waals surface area contributed by atoms with E-state index in [2.05, 4.69) is 32.3 Å². The van der Waals surface area contributed by atoms with Gasteiger partial charge in [0.2, 0.25) is 4.73 Å². The molecule has 4 aliphatic rings. The van der Waals surface area contributed by atoms with Gasteiger partial charge < -0.3 is 4.74 Å². The number of nitrogens with zero attached hydrogens (tertiary/aromatic N) is 3. The Hall–Kier alpha value is -1.17. The average Bonchev–Trinajstić information content (AvgIpc) is 3.38. The van der Waals surface area contributed by atoms with Gasteiger partial charge in [0.25, 0.3) is 0 Å². The van der Waals surface area contributed by atoms with Crippen molar-refractivity contribution in [2.24, 2.45) is 5.41 Å². The van der Waals surface area contributed by atoms with E-state index in [9.17, 15) is 4.39 Å². The predicted octanol–water partition coefficient (Wildman–Crippen LogP) is 4.81. The van der Waals surface area contributed by atoms with Gasteiger partial charge in [-0.3, -0.25) is 4.40 Å². The lowest BCUT2D eigenvalue weighted by Gasteiger charge is -2.49. The van der Waals surface area contributed by atoms with Crippen molar-refractivity contribution in [3.8, 4) is 5.75 Å². The molecule has 2 aromatic rings. The molecule has 0 radical (unpaired) electrons. The maximum Gasteiger partial charge on any atom is 0.204 e. The predicted molar refractivity (Wildman–Crippen MR) is 92.1 cm³/mol. The van der Waals surface area contributed by atoms with Gasteiger partial charge in [-0.2, -0.15) is 0 Å². The summed E-state index contributed by atoms with van der Waals surface area (Å²) in [6.45, 7) is 0.703. The fourth-order valence-electron chi connectivity index (χ4n) is 4.40. The van der Waals surface area contributed by atoms with Crippen molar-refractivity contribution in [3.63, 3.8) is 0 Å². The summed E-state index contributed by atoms with van der Waals surface area (Å²) >= 11 is 3.44. The molecule has 0 amide bonds. The van der Waals surface area contributed by atoms with Gasteiger partial charge in [-0.05, 0) is 73.2 Å². The Bertz CT molecular complexity index is 776. The van der Waals surface area contributed by atoms with Crippen molar-refractivity contribution in [1.82, 2.24) is 14.6 Å². The van der Waals surface area contributed by atoms with E-state index in [4.69, 9.17) is 4.74 Å². The van der Waals surface area contributed by atoms with Crippen LogP contribution >= 0.6 is 15.9 Å². The van der Waals surface area contributed by atoms with Crippen LogP contribution in [-0.2, 0) is 0 Å². The second kappa shape index (κ2) is 5.16. The van der Waals surface area contributed by atoms with Gasteiger partial charge in [0.05, 0.1) is 6.61 Å². The first-order valence-electron chi connectivity index (χ1n) is 8.92. The van der Waals surface area contributed by atoms with Crippen LogP contribution in [-0.4, -0.2) is 26.9 Å². The van der Waals surface area contributed by atoms with Crippen LogP contribution in [0.25, 0.3) is 5.65 Å². The largest absolute Gasteiger partial charge is 0.493 e. The second-order valence-corrected chi connectivity index (χ2v) is 8.71. The summed E-state index contributed by atoms with van der Waals surface area (Å²) in [5.41, 5.74) is 1.35. The molecule has 2 heterocycles. The Kier molecular flexibility index (Phi) is 3.25. The van der Waals surface area contributed by atoms with E-state index in [1.807, 2.05) is 10.5 Å². The van der Waals surface area contributed by atoms with Crippen molar-refractivity contribution in [3.05, 3.63) is 22.6 Å². The summed E-state index contributed by atoms with van der Waals surface area (Å²) in [6.07, 6.45) is 9.56. The number of alkyl halides is 1. The van der Waals surface area contributed by atoms with Gasteiger partial charge in [0.1, 0.15) is 11.4 Å². The van der Waals surface area contributed by atoms with Crippen LogP contribution in [0.5, 0.6) is 5.75 Å². The summed E-state index contributed by atoms with van der Waals surface area (Å²) in [7, 11) is 0. The highest BCUT2D eigenvalue weighted by atomic mass is 79.9. The first-order chi connectivity index (χ1) is 11.6. The maximum atomic E-state index is 14.4. The highest BCUT2D eigenvalue weighted by molar-refractivity contribution is 9.10. The van der Waals surface area contributed by atoms with Crippen molar-refractivity contribution < 1.29 is 9.13 Å². The van der Waals surface area contributed by atoms with Gasteiger partial charge in [-0.15, -0.1) is 10.2 Å². The van der Waals surface area contributed by atoms with E-state index in [1.54, 1.807) is 0 Å². The Morgan fingerprint density at radius 1 is 1.17 bits per heavy atom. The first-order valence-corrected chi connectivity index (χ1v) is 9.71. The Morgan fingerprint density at radius 2 is 1.88 bits per heavy atom. The number of ether oxygens (including phenoxy) is 1. The minimum atomic E-state index is -0.881. The maximum absolute atomic E-state index is 14.4. The van der Waals surface area contributed by atoms with Gasteiger partial charge >= 0.3 is 0 Å². The zero-order valence-corrected chi connectivity index (χ0v) is 15.2. The third-order valence-electron chi connectivity index (χ3n) is 6.35. The normalized spacial score (nSPS) is 32.4. The van der Waals surface area contributed by atoms with Crippen LogP contribution in [0.4, 0.5) is 4.39 Å². The molecule has 0 unspecified atom stereocenters. The van der Waals surface area contributed by atoms with Crippen molar-refractivity contribution >= 4 is 21.6 Å². The monoisotopic (exact) mass is 393 g/mol. The highest BCUT2D eigenvalue weighted by Crippen LogP contribution is 2.54. The van der Waals surface area contributed by atoms with Crippen LogP contribution in [0.2, 0.25) is 0 Å². The zero-order chi connectivity index (χ0) is 16.4. The fraction of sp³-hybridized carbons (Fsp3) is 0.667. The van der Waals surface area contributed by atoms with E-state index in [-0.39, 0.29) is 5.41 Å². The lowest BCUT2D eigenvalue weighted by atomic mass is 9.60. The molecule has 0 N–H and O–H groups in total. The molecule has 0 saturated heterocycles. The lowest BCUT2D eigenvalue weighted by Crippen LogP contribution is -2.46. The molecule has 0 atom stereocenters. The Morgan fingerprint density at radius 3 is 2.54 bits per heavy atom. The summed E-state index contributed by atoms with van der Waals surface area (Å²) in [6, 6.07) is 2.01. The van der Waals surface area contributed by atoms with Crippen LogP contribution in [0.3, 0.4) is 0 Å². The molecule has 4 saturated carbocycles. The van der Waals surface area contributed by atoms with Crippen LogP contribution in [0.1, 0.15) is 62.8 Å². The topological polar surface area (TPSA) is 39.4 Å². The van der Waals surface area contributed by atoms with Crippen LogP contribution in [0, 0.1) is 5.41 Å². The number of hydrogen-bond donors (Lipinski definition) is 0. The van der Waals surface area contributed by atoms with Crippen molar-refractivity contribution in [2.75, 3.05) is 6.61 Å². The zero-order valence-electron chi connectivity index (χ0n) is 13.6. The minimum absolute atomic E-state index is 0.176. The molecule has 4 nitrogen and oxygen atoms in total. The molecule has 4 aliphatic carbocycles. The number of aromatic nitrogens is 3. The Balaban J connectivity index is 1.41. The van der Waals surface area contributed by atoms with Crippen molar-refractivity contribution in [2.45, 2.75) is 63.0 Å². The SMILES string of the molecule is FC12CCC(COc3cc4nnc(Br)n4cc3C3CC3)(CC1)CC2. The molecule has 2 aromatic heterocycles. The summed E-state index contributed by atoms with van der Waals surface area (Å²) in [5.74, 6) is 1.54. The van der Waals surface area contributed by atoms with E-state index in [0.717, 1.165) is 35.4 Å². The number of halogens is 2.